The van der Waals surface area contributed by atoms with Crippen molar-refractivity contribution in [2.75, 3.05) is 0 Å². The van der Waals surface area contributed by atoms with Crippen molar-refractivity contribution in [1.29, 1.82) is 0 Å². The van der Waals surface area contributed by atoms with Gasteiger partial charge in [-0.05, 0) is 12.8 Å². The van der Waals surface area contributed by atoms with E-state index in [0.717, 1.165) is 0 Å². The summed E-state index contributed by atoms with van der Waals surface area (Å²) >= 11 is 0. The summed E-state index contributed by atoms with van der Waals surface area (Å²) in [5.74, 6) is -0.272. The third-order valence-corrected chi connectivity index (χ3v) is 2.23. The molecule has 0 aromatic carbocycles. The van der Waals surface area contributed by atoms with Gasteiger partial charge < -0.3 is 19.7 Å². The molecule has 98 valence electrons. The SMILES string of the molecule is CCc1cnc(CC)c(OC(=O)O)c1OC(=O)O. The van der Waals surface area contributed by atoms with Gasteiger partial charge in [0.2, 0.25) is 0 Å². The molecule has 0 unspecified atom stereocenters. The Kier molecular flexibility index (Phi) is 4.47. The number of nitrogens with zero attached hydrogens (tertiary/aromatic N) is 1. The van der Waals surface area contributed by atoms with Crippen LogP contribution in [0.2, 0.25) is 0 Å². The Balaban J connectivity index is 3.36. The van der Waals surface area contributed by atoms with Crippen molar-refractivity contribution in [3.05, 3.63) is 17.5 Å². The standard InChI is InChI=1S/C11H13NO6/c1-3-6-5-12-7(4-2)9(18-11(15)16)8(6)17-10(13)14/h5H,3-4H2,1-2H3,(H,13,14)(H,15,16). The molecule has 1 aromatic heterocycles. The molecule has 0 atom stereocenters. The number of rotatable bonds is 4. The largest absolute Gasteiger partial charge is 0.511 e. The summed E-state index contributed by atoms with van der Waals surface area (Å²) in [4.78, 5) is 25.3. The molecular weight excluding hydrogens is 242 g/mol. The average Bonchev–Trinajstić information content (AvgIpc) is 2.29. The summed E-state index contributed by atoms with van der Waals surface area (Å²) < 4.78 is 9.18. The minimum absolute atomic E-state index is 0.112. The molecule has 0 aliphatic heterocycles. The highest BCUT2D eigenvalue weighted by Gasteiger charge is 2.21. The van der Waals surface area contributed by atoms with Crippen LogP contribution >= 0.6 is 0 Å². The lowest BCUT2D eigenvalue weighted by Crippen LogP contribution is -2.12. The van der Waals surface area contributed by atoms with Crippen molar-refractivity contribution in [2.24, 2.45) is 0 Å². The molecule has 0 saturated heterocycles. The van der Waals surface area contributed by atoms with E-state index in [0.29, 0.717) is 24.1 Å². The fourth-order valence-electron chi connectivity index (χ4n) is 1.45. The van der Waals surface area contributed by atoms with Crippen molar-refractivity contribution < 1.29 is 29.3 Å². The zero-order valence-electron chi connectivity index (χ0n) is 9.97. The number of aromatic nitrogens is 1. The Hall–Kier alpha value is -2.31. The maximum Gasteiger partial charge on any atom is 0.511 e. The quantitative estimate of drug-likeness (QED) is 0.795. The summed E-state index contributed by atoms with van der Waals surface area (Å²) in [6, 6.07) is 0. The summed E-state index contributed by atoms with van der Waals surface area (Å²) in [7, 11) is 0. The van der Waals surface area contributed by atoms with Gasteiger partial charge in [-0.2, -0.15) is 0 Å². The Morgan fingerprint density at radius 2 is 1.67 bits per heavy atom. The normalized spacial score (nSPS) is 9.89. The minimum Gasteiger partial charge on any atom is -0.449 e. The summed E-state index contributed by atoms with van der Waals surface area (Å²) in [5, 5.41) is 17.3. The highest BCUT2D eigenvalue weighted by molar-refractivity contribution is 5.68. The number of carbonyl (C=O) groups is 2. The molecule has 7 nitrogen and oxygen atoms in total. The molecule has 1 aromatic rings. The van der Waals surface area contributed by atoms with Crippen LogP contribution in [0.15, 0.2) is 6.20 Å². The Bertz CT molecular complexity index is 428. The van der Waals surface area contributed by atoms with Gasteiger partial charge in [0.25, 0.3) is 0 Å². The zero-order chi connectivity index (χ0) is 13.7. The first-order chi connectivity index (χ1) is 8.49. The molecule has 0 amide bonds. The van der Waals surface area contributed by atoms with Gasteiger partial charge >= 0.3 is 12.3 Å². The fraction of sp³-hybridized carbons (Fsp3) is 0.364. The van der Waals surface area contributed by atoms with E-state index < -0.39 is 12.3 Å². The number of hydrogen-bond donors (Lipinski definition) is 2. The third-order valence-electron chi connectivity index (χ3n) is 2.23. The van der Waals surface area contributed by atoms with Crippen molar-refractivity contribution in [1.82, 2.24) is 4.98 Å². The molecule has 18 heavy (non-hydrogen) atoms. The van der Waals surface area contributed by atoms with E-state index in [1.165, 1.54) is 6.20 Å². The first kappa shape index (κ1) is 13.8. The van der Waals surface area contributed by atoms with Crippen LogP contribution in [0.3, 0.4) is 0 Å². The summed E-state index contributed by atoms with van der Waals surface area (Å²) in [6.45, 7) is 3.51. The van der Waals surface area contributed by atoms with E-state index in [1.807, 2.05) is 0 Å². The maximum atomic E-state index is 10.6. The van der Waals surface area contributed by atoms with E-state index in [2.05, 4.69) is 14.5 Å². The van der Waals surface area contributed by atoms with Crippen molar-refractivity contribution in [3.63, 3.8) is 0 Å². The van der Waals surface area contributed by atoms with E-state index in [4.69, 9.17) is 10.2 Å². The molecular formula is C11H13NO6. The van der Waals surface area contributed by atoms with Crippen molar-refractivity contribution in [3.8, 4) is 11.5 Å². The average molecular weight is 255 g/mol. The molecule has 0 aliphatic rings. The van der Waals surface area contributed by atoms with Gasteiger partial charge in [-0.1, -0.05) is 13.8 Å². The molecule has 2 N–H and O–H groups in total. The number of pyridine rings is 1. The van der Waals surface area contributed by atoms with Crippen LogP contribution in [-0.2, 0) is 12.8 Å². The molecule has 1 heterocycles. The van der Waals surface area contributed by atoms with Crippen LogP contribution in [-0.4, -0.2) is 27.5 Å². The van der Waals surface area contributed by atoms with Crippen LogP contribution in [0.1, 0.15) is 25.1 Å². The number of ether oxygens (including phenoxy) is 2. The van der Waals surface area contributed by atoms with E-state index >= 15 is 0 Å². The van der Waals surface area contributed by atoms with Gasteiger partial charge in [0.15, 0.2) is 11.5 Å². The maximum absolute atomic E-state index is 10.6. The van der Waals surface area contributed by atoms with Crippen LogP contribution in [0.25, 0.3) is 0 Å². The zero-order valence-corrected chi connectivity index (χ0v) is 9.97. The minimum atomic E-state index is -1.55. The first-order valence-corrected chi connectivity index (χ1v) is 5.31. The van der Waals surface area contributed by atoms with Crippen molar-refractivity contribution in [2.45, 2.75) is 26.7 Å². The topological polar surface area (TPSA) is 106 Å². The van der Waals surface area contributed by atoms with Gasteiger partial charge in [0, 0.05) is 11.8 Å². The van der Waals surface area contributed by atoms with Crippen LogP contribution in [0.5, 0.6) is 11.5 Å². The Morgan fingerprint density at radius 1 is 1.11 bits per heavy atom. The van der Waals surface area contributed by atoms with Crippen LogP contribution in [0, 0.1) is 0 Å². The van der Waals surface area contributed by atoms with Gasteiger partial charge in [-0.15, -0.1) is 0 Å². The molecule has 0 aliphatic carbocycles. The van der Waals surface area contributed by atoms with E-state index in [9.17, 15) is 9.59 Å². The molecule has 1 rings (SSSR count). The molecule has 0 fully saturated rings. The lowest BCUT2D eigenvalue weighted by Gasteiger charge is -2.13. The molecule has 7 heteroatoms. The Labute approximate surface area is 103 Å². The number of aryl methyl sites for hydroxylation is 2. The van der Waals surface area contributed by atoms with E-state index in [1.54, 1.807) is 13.8 Å². The predicted octanol–water partition coefficient (Wildman–Crippen LogP) is 2.32. The second kappa shape index (κ2) is 5.85. The third kappa shape index (κ3) is 3.09. The fourth-order valence-corrected chi connectivity index (χ4v) is 1.45. The Morgan fingerprint density at radius 3 is 2.11 bits per heavy atom. The number of carboxylic acid groups (broad SMARTS) is 2. The second-order valence-electron chi connectivity index (χ2n) is 3.33. The summed E-state index contributed by atoms with van der Waals surface area (Å²) in [5.41, 5.74) is 0.789. The number of hydrogen-bond acceptors (Lipinski definition) is 5. The van der Waals surface area contributed by atoms with Gasteiger partial charge in [0.05, 0.1) is 5.69 Å². The van der Waals surface area contributed by atoms with Gasteiger partial charge in [-0.3, -0.25) is 4.98 Å². The highest BCUT2D eigenvalue weighted by atomic mass is 16.7. The van der Waals surface area contributed by atoms with Crippen LogP contribution in [0.4, 0.5) is 9.59 Å². The van der Waals surface area contributed by atoms with Gasteiger partial charge in [-0.25, -0.2) is 9.59 Å². The molecule has 0 saturated carbocycles. The molecule has 0 spiro atoms. The first-order valence-electron chi connectivity index (χ1n) is 5.31. The predicted molar refractivity (Wildman–Crippen MR) is 60.3 cm³/mol. The van der Waals surface area contributed by atoms with Crippen molar-refractivity contribution >= 4 is 12.3 Å². The van der Waals surface area contributed by atoms with Gasteiger partial charge in [0.1, 0.15) is 0 Å². The van der Waals surface area contributed by atoms with Crippen LogP contribution < -0.4 is 9.47 Å². The molecule has 0 bridgehead atoms. The lowest BCUT2D eigenvalue weighted by atomic mass is 10.1. The lowest BCUT2D eigenvalue weighted by molar-refractivity contribution is 0.131. The highest BCUT2D eigenvalue weighted by Crippen LogP contribution is 2.34. The second-order valence-corrected chi connectivity index (χ2v) is 3.33. The molecule has 0 radical (unpaired) electrons. The smallest absolute Gasteiger partial charge is 0.449 e. The van der Waals surface area contributed by atoms with E-state index in [-0.39, 0.29) is 11.5 Å². The summed E-state index contributed by atoms with van der Waals surface area (Å²) in [6.07, 6.45) is -0.799. The monoisotopic (exact) mass is 255 g/mol.